The molecule has 0 amide bonds. The zero-order valence-electron chi connectivity index (χ0n) is 8.83. The summed E-state index contributed by atoms with van der Waals surface area (Å²) in [7, 11) is 1.64. The van der Waals surface area contributed by atoms with Gasteiger partial charge in [0.25, 0.3) is 0 Å². The van der Waals surface area contributed by atoms with Gasteiger partial charge in [-0.25, -0.2) is 4.39 Å². The number of rotatable bonds is 6. The molecule has 0 unspecified atom stereocenters. The lowest BCUT2D eigenvalue weighted by atomic mass is 10.2. The molecule has 1 rings (SSSR count). The highest BCUT2D eigenvalue weighted by atomic mass is 19.1. The average molecular weight is 213 g/mol. The third-order valence-corrected chi connectivity index (χ3v) is 1.97. The molecule has 0 aliphatic heterocycles. The van der Waals surface area contributed by atoms with Crippen molar-refractivity contribution in [1.82, 2.24) is 0 Å². The predicted molar refractivity (Wildman–Crippen MR) is 57.0 cm³/mol. The summed E-state index contributed by atoms with van der Waals surface area (Å²) in [5.74, 6) is -0.318. The number of ether oxygens (including phenoxy) is 2. The molecule has 1 aromatic rings. The first kappa shape index (κ1) is 11.9. The van der Waals surface area contributed by atoms with Gasteiger partial charge in [0.1, 0.15) is 5.82 Å². The molecule has 0 aliphatic rings. The van der Waals surface area contributed by atoms with E-state index in [2.05, 4.69) is 0 Å². The van der Waals surface area contributed by atoms with Crippen LogP contribution in [0.2, 0.25) is 0 Å². The number of nitrogens with two attached hydrogens (primary N) is 1. The van der Waals surface area contributed by atoms with E-state index in [9.17, 15) is 4.39 Å². The van der Waals surface area contributed by atoms with Gasteiger partial charge in [0.15, 0.2) is 0 Å². The summed E-state index contributed by atoms with van der Waals surface area (Å²) in [4.78, 5) is 0. The van der Waals surface area contributed by atoms with Gasteiger partial charge in [0.2, 0.25) is 0 Å². The van der Waals surface area contributed by atoms with E-state index in [1.165, 1.54) is 6.07 Å². The molecule has 0 aromatic heterocycles. The van der Waals surface area contributed by atoms with Gasteiger partial charge in [-0.05, 0) is 18.6 Å². The number of hydrogen-bond donors (Lipinski definition) is 1. The van der Waals surface area contributed by atoms with E-state index in [1.54, 1.807) is 19.2 Å². The van der Waals surface area contributed by atoms with Gasteiger partial charge in [-0.15, -0.1) is 0 Å². The van der Waals surface area contributed by atoms with Crippen LogP contribution in [0.15, 0.2) is 18.2 Å². The van der Waals surface area contributed by atoms with Gasteiger partial charge in [0, 0.05) is 31.6 Å². The summed E-state index contributed by atoms with van der Waals surface area (Å²) < 4.78 is 23.4. The SMILES string of the molecule is COCCCOCc1ccc(N)cc1F. The first-order valence-corrected chi connectivity index (χ1v) is 4.84. The third kappa shape index (κ3) is 4.27. The second-order valence-electron chi connectivity index (χ2n) is 3.25. The van der Waals surface area contributed by atoms with Crippen molar-refractivity contribution < 1.29 is 13.9 Å². The van der Waals surface area contributed by atoms with Crippen LogP contribution in [-0.2, 0) is 16.1 Å². The second-order valence-corrected chi connectivity index (χ2v) is 3.25. The smallest absolute Gasteiger partial charge is 0.130 e. The maximum Gasteiger partial charge on any atom is 0.130 e. The molecule has 4 heteroatoms. The monoisotopic (exact) mass is 213 g/mol. The molecule has 0 heterocycles. The Morgan fingerprint density at radius 1 is 1.33 bits per heavy atom. The minimum atomic E-state index is -0.318. The molecule has 1 aromatic carbocycles. The summed E-state index contributed by atoms with van der Waals surface area (Å²) in [6.45, 7) is 1.50. The molecule has 3 nitrogen and oxygen atoms in total. The molecule has 0 aliphatic carbocycles. The van der Waals surface area contributed by atoms with E-state index in [-0.39, 0.29) is 12.4 Å². The van der Waals surface area contributed by atoms with Gasteiger partial charge in [-0.3, -0.25) is 0 Å². The summed E-state index contributed by atoms with van der Waals surface area (Å²) in [5, 5.41) is 0. The van der Waals surface area contributed by atoms with E-state index in [4.69, 9.17) is 15.2 Å². The Morgan fingerprint density at radius 2 is 2.13 bits per heavy atom. The van der Waals surface area contributed by atoms with Gasteiger partial charge < -0.3 is 15.2 Å². The molecule has 0 fully saturated rings. The standard InChI is InChI=1S/C11H16FNO2/c1-14-5-2-6-15-8-9-3-4-10(13)7-11(9)12/h3-4,7H,2,5-6,8,13H2,1H3. The van der Waals surface area contributed by atoms with Gasteiger partial charge in [0.05, 0.1) is 6.61 Å². The first-order valence-electron chi connectivity index (χ1n) is 4.84. The number of methoxy groups -OCH3 is 1. The van der Waals surface area contributed by atoms with Crippen LogP contribution in [0.25, 0.3) is 0 Å². The fraction of sp³-hybridized carbons (Fsp3) is 0.455. The zero-order valence-corrected chi connectivity index (χ0v) is 8.83. The zero-order chi connectivity index (χ0) is 11.1. The molecule has 84 valence electrons. The van der Waals surface area contributed by atoms with Crippen LogP contribution in [0, 0.1) is 5.82 Å². The Bertz CT molecular complexity index is 305. The molecule has 0 saturated heterocycles. The van der Waals surface area contributed by atoms with E-state index < -0.39 is 0 Å². The van der Waals surface area contributed by atoms with Crippen molar-refractivity contribution in [2.24, 2.45) is 0 Å². The van der Waals surface area contributed by atoms with E-state index >= 15 is 0 Å². The normalized spacial score (nSPS) is 10.5. The molecular formula is C11H16FNO2. The van der Waals surface area contributed by atoms with Crippen LogP contribution in [0.4, 0.5) is 10.1 Å². The lowest BCUT2D eigenvalue weighted by molar-refractivity contribution is 0.0913. The topological polar surface area (TPSA) is 44.5 Å². The van der Waals surface area contributed by atoms with Crippen molar-refractivity contribution in [2.75, 3.05) is 26.1 Å². The van der Waals surface area contributed by atoms with Crippen LogP contribution in [0.1, 0.15) is 12.0 Å². The van der Waals surface area contributed by atoms with Crippen LogP contribution in [0.3, 0.4) is 0 Å². The van der Waals surface area contributed by atoms with Crippen LogP contribution in [-0.4, -0.2) is 20.3 Å². The fourth-order valence-corrected chi connectivity index (χ4v) is 1.17. The van der Waals surface area contributed by atoms with Gasteiger partial charge >= 0.3 is 0 Å². The second kappa shape index (κ2) is 6.37. The Hall–Kier alpha value is -1.13. The molecule has 0 radical (unpaired) electrons. The summed E-state index contributed by atoms with van der Waals surface area (Å²) in [5.41, 5.74) is 6.38. The Morgan fingerprint density at radius 3 is 2.80 bits per heavy atom. The number of hydrogen-bond acceptors (Lipinski definition) is 3. The fourth-order valence-electron chi connectivity index (χ4n) is 1.17. The van der Waals surface area contributed by atoms with Crippen molar-refractivity contribution in [3.05, 3.63) is 29.6 Å². The van der Waals surface area contributed by atoms with E-state index in [0.29, 0.717) is 24.5 Å². The maximum absolute atomic E-state index is 13.2. The predicted octanol–water partition coefficient (Wildman–Crippen LogP) is 1.96. The first-order chi connectivity index (χ1) is 7.24. The molecule has 0 atom stereocenters. The minimum Gasteiger partial charge on any atom is -0.399 e. The summed E-state index contributed by atoms with van der Waals surface area (Å²) in [6, 6.07) is 4.60. The highest BCUT2D eigenvalue weighted by Crippen LogP contribution is 2.12. The maximum atomic E-state index is 13.2. The van der Waals surface area contributed by atoms with Crippen molar-refractivity contribution in [1.29, 1.82) is 0 Å². The highest BCUT2D eigenvalue weighted by molar-refractivity contribution is 5.40. The number of benzene rings is 1. The van der Waals surface area contributed by atoms with E-state index in [0.717, 1.165) is 6.42 Å². The average Bonchev–Trinajstić information content (AvgIpc) is 2.20. The number of anilines is 1. The van der Waals surface area contributed by atoms with Gasteiger partial charge in [-0.2, -0.15) is 0 Å². The molecule has 2 N–H and O–H groups in total. The van der Waals surface area contributed by atoms with Crippen molar-refractivity contribution in [3.8, 4) is 0 Å². The summed E-state index contributed by atoms with van der Waals surface area (Å²) in [6.07, 6.45) is 0.813. The molecule has 0 bridgehead atoms. The van der Waals surface area contributed by atoms with E-state index in [1.807, 2.05) is 0 Å². The molecule has 0 saturated carbocycles. The van der Waals surface area contributed by atoms with Crippen LogP contribution < -0.4 is 5.73 Å². The Labute approximate surface area is 89.0 Å². The lowest BCUT2D eigenvalue weighted by Crippen LogP contribution is -2.01. The molecule has 0 spiro atoms. The number of halogens is 1. The quantitative estimate of drug-likeness (QED) is 0.580. The van der Waals surface area contributed by atoms with Crippen molar-refractivity contribution in [3.63, 3.8) is 0 Å². The van der Waals surface area contributed by atoms with Crippen LogP contribution >= 0.6 is 0 Å². The Balaban J connectivity index is 2.31. The lowest BCUT2D eigenvalue weighted by Gasteiger charge is -2.05. The number of nitrogen functional groups attached to an aromatic ring is 1. The Kier molecular flexibility index (Phi) is 5.07. The van der Waals surface area contributed by atoms with Gasteiger partial charge in [-0.1, -0.05) is 6.07 Å². The van der Waals surface area contributed by atoms with Crippen molar-refractivity contribution >= 4 is 5.69 Å². The van der Waals surface area contributed by atoms with Crippen molar-refractivity contribution in [2.45, 2.75) is 13.0 Å². The minimum absolute atomic E-state index is 0.274. The molecule has 15 heavy (non-hydrogen) atoms. The third-order valence-electron chi connectivity index (χ3n) is 1.97. The highest BCUT2D eigenvalue weighted by Gasteiger charge is 2.01. The largest absolute Gasteiger partial charge is 0.399 e. The van der Waals surface area contributed by atoms with Crippen LogP contribution in [0.5, 0.6) is 0 Å². The summed E-state index contributed by atoms with van der Waals surface area (Å²) >= 11 is 0. The molecular weight excluding hydrogens is 197 g/mol.